The topological polar surface area (TPSA) is 41.4 Å². The Morgan fingerprint density at radius 1 is 1.00 bits per heavy atom. The summed E-state index contributed by atoms with van der Waals surface area (Å²) in [6.45, 7) is 2.92. The SMILES string of the molecule is O=C(c1cn2c(n1)CCC(c1cccc(F)c1)C2)N1CCN(c2ccccc2F)CC1. The number of anilines is 1. The smallest absolute Gasteiger partial charge is 0.274 e. The minimum absolute atomic E-state index is 0.0858. The standard InChI is InChI=1S/C24H24F2N4O/c25-19-5-3-4-17(14-19)18-8-9-23-27-21(16-30(23)15-18)24(31)29-12-10-28(11-13-29)22-7-2-1-6-20(22)26/h1-7,14,16,18H,8-13,15H2. The largest absolute Gasteiger partial charge is 0.366 e. The molecule has 1 amide bonds. The van der Waals surface area contributed by atoms with Crippen LogP contribution in [0.2, 0.25) is 0 Å². The monoisotopic (exact) mass is 422 g/mol. The summed E-state index contributed by atoms with van der Waals surface area (Å²) in [5.41, 5.74) is 2.01. The number of imidazole rings is 1. The quantitative estimate of drug-likeness (QED) is 0.644. The van der Waals surface area contributed by atoms with Gasteiger partial charge in [0.1, 0.15) is 23.2 Å². The lowest BCUT2D eigenvalue weighted by atomic mass is 9.91. The molecule has 1 saturated heterocycles. The minimum Gasteiger partial charge on any atom is -0.366 e. The van der Waals surface area contributed by atoms with Gasteiger partial charge in [-0.25, -0.2) is 13.8 Å². The van der Waals surface area contributed by atoms with Crippen molar-refractivity contribution in [3.63, 3.8) is 0 Å². The Kier molecular flexibility index (Phi) is 5.18. The number of carbonyl (C=O) groups excluding carboxylic acids is 1. The molecular formula is C24H24F2N4O. The van der Waals surface area contributed by atoms with Gasteiger partial charge in [-0.1, -0.05) is 24.3 Å². The van der Waals surface area contributed by atoms with Gasteiger partial charge < -0.3 is 14.4 Å². The zero-order valence-electron chi connectivity index (χ0n) is 17.2. The molecule has 1 fully saturated rings. The highest BCUT2D eigenvalue weighted by atomic mass is 19.1. The zero-order chi connectivity index (χ0) is 21.4. The summed E-state index contributed by atoms with van der Waals surface area (Å²) in [5, 5.41) is 0. The molecule has 31 heavy (non-hydrogen) atoms. The Labute approximate surface area is 179 Å². The molecule has 0 aliphatic carbocycles. The molecule has 0 radical (unpaired) electrons. The van der Waals surface area contributed by atoms with E-state index in [1.807, 2.05) is 27.8 Å². The average Bonchev–Trinajstić information content (AvgIpc) is 3.22. The predicted octanol–water partition coefficient (Wildman–Crippen LogP) is 3.85. The predicted molar refractivity (Wildman–Crippen MR) is 114 cm³/mol. The molecule has 1 aromatic heterocycles. The number of para-hydroxylation sites is 1. The molecule has 0 bridgehead atoms. The van der Waals surface area contributed by atoms with Crippen LogP contribution in [0.15, 0.2) is 54.7 Å². The number of rotatable bonds is 3. The van der Waals surface area contributed by atoms with Gasteiger partial charge >= 0.3 is 0 Å². The van der Waals surface area contributed by atoms with Crippen LogP contribution in [0, 0.1) is 11.6 Å². The Balaban J connectivity index is 1.25. The molecule has 3 aromatic rings. The molecule has 7 heteroatoms. The second kappa shape index (κ2) is 8.13. The Bertz CT molecular complexity index is 1100. The normalized spacial score (nSPS) is 18.7. The summed E-state index contributed by atoms with van der Waals surface area (Å²) < 4.78 is 29.7. The summed E-state index contributed by atoms with van der Waals surface area (Å²) >= 11 is 0. The number of fused-ring (bicyclic) bond motifs is 1. The van der Waals surface area contributed by atoms with Crippen LogP contribution >= 0.6 is 0 Å². The molecule has 2 aromatic carbocycles. The van der Waals surface area contributed by atoms with Gasteiger partial charge in [0.05, 0.1) is 5.69 Å². The number of hydrogen-bond acceptors (Lipinski definition) is 3. The number of nitrogens with zero attached hydrogens (tertiary/aromatic N) is 4. The first-order valence-electron chi connectivity index (χ1n) is 10.7. The highest BCUT2D eigenvalue weighted by Gasteiger charge is 2.28. The van der Waals surface area contributed by atoms with E-state index in [0.717, 1.165) is 24.2 Å². The van der Waals surface area contributed by atoms with Gasteiger partial charge in [0, 0.05) is 51.3 Å². The van der Waals surface area contributed by atoms with Crippen molar-refractivity contribution in [3.05, 3.63) is 83.4 Å². The van der Waals surface area contributed by atoms with E-state index in [2.05, 4.69) is 4.98 Å². The molecule has 0 spiro atoms. The Morgan fingerprint density at radius 3 is 2.58 bits per heavy atom. The zero-order valence-corrected chi connectivity index (χ0v) is 17.2. The lowest BCUT2D eigenvalue weighted by Gasteiger charge is -2.35. The van der Waals surface area contributed by atoms with Gasteiger partial charge in [-0.15, -0.1) is 0 Å². The highest BCUT2D eigenvalue weighted by Crippen LogP contribution is 2.29. The maximum Gasteiger partial charge on any atom is 0.274 e. The van der Waals surface area contributed by atoms with Gasteiger partial charge in [0.25, 0.3) is 5.91 Å². The van der Waals surface area contributed by atoms with Crippen LogP contribution in [-0.2, 0) is 13.0 Å². The first-order valence-corrected chi connectivity index (χ1v) is 10.7. The summed E-state index contributed by atoms with van der Waals surface area (Å²) in [4.78, 5) is 21.4. The van der Waals surface area contributed by atoms with Gasteiger partial charge in [-0.2, -0.15) is 0 Å². The van der Waals surface area contributed by atoms with Crippen LogP contribution in [0.25, 0.3) is 0 Å². The average molecular weight is 422 g/mol. The van der Waals surface area contributed by atoms with Crippen molar-refractivity contribution in [2.24, 2.45) is 0 Å². The van der Waals surface area contributed by atoms with Gasteiger partial charge in [0.2, 0.25) is 0 Å². The van der Waals surface area contributed by atoms with Crippen molar-refractivity contribution in [3.8, 4) is 0 Å². The van der Waals surface area contributed by atoms with Gasteiger partial charge in [-0.3, -0.25) is 4.79 Å². The van der Waals surface area contributed by atoms with Crippen LogP contribution in [0.4, 0.5) is 14.5 Å². The third-order valence-corrected chi connectivity index (χ3v) is 6.29. The van der Waals surface area contributed by atoms with E-state index in [4.69, 9.17) is 0 Å². The van der Waals surface area contributed by atoms with Crippen molar-refractivity contribution in [1.82, 2.24) is 14.5 Å². The van der Waals surface area contributed by atoms with E-state index in [-0.39, 0.29) is 23.5 Å². The fraction of sp³-hybridized carbons (Fsp3) is 0.333. The molecule has 2 aliphatic heterocycles. The van der Waals surface area contributed by atoms with E-state index >= 15 is 0 Å². The number of amides is 1. The first kappa shape index (κ1) is 19.7. The third-order valence-electron chi connectivity index (χ3n) is 6.29. The van der Waals surface area contributed by atoms with E-state index in [9.17, 15) is 13.6 Å². The fourth-order valence-corrected chi connectivity index (χ4v) is 4.60. The second-order valence-electron chi connectivity index (χ2n) is 8.22. The van der Waals surface area contributed by atoms with Crippen LogP contribution in [0.1, 0.15) is 34.2 Å². The molecular weight excluding hydrogens is 398 g/mol. The second-order valence-corrected chi connectivity index (χ2v) is 8.22. The number of piperazine rings is 1. The maximum absolute atomic E-state index is 14.0. The Morgan fingerprint density at radius 2 is 1.81 bits per heavy atom. The third kappa shape index (κ3) is 3.92. The van der Waals surface area contributed by atoms with Crippen molar-refractivity contribution < 1.29 is 13.6 Å². The number of benzene rings is 2. The van der Waals surface area contributed by atoms with Gasteiger partial charge in [0.15, 0.2) is 0 Å². The number of hydrogen-bond donors (Lipinski definition) is 0. The fourth-order valence-electron chi connectivity index (χ4n) is 4.60. The number of aryl methyl sites for hydroxylation is 1. The first-order chi connectivity index (χ1) is 15.1. The van der Waals surface area contributed by atoms with E-state index in [1.165, 1.54) is 12.1 Å². The highest BCUT2D eigenvalue weighted by molar-refractivity contribution is 5.92. The lowest BCUT2D eigenvalue weighted by Crippen LogP contribution is -2.49. The number of halogens is 2. The van der Waals surface area contributed by atoms with Gasteiger partial charge in [-0.05, 0) is 36.2 Å². The summed E-state index contributed by atoms with van der Waals surface area (Å²) in [6, 6.07) is 13.5. The van der Waals surface area contributed by atoms with Crippen molar-refractivity contribution in [2.75, 3.05) is 31.1 Å². The lowest BCUT2D eigenvalue weighted by molar-refractivity contribution is 0.0741. The Hall–Kier alpha value is -3.22. The summed E-state index contributed by atoms with van der Waals surface area (Å²) in [7, 11) is 0. The maximum atomic E-state index is 14.0. The van der Waals surface area contributed by atoms with E-state index in [0.29, 0.717) is 44.1 Å². The molecule has 2 aliphatic rings. The van der Waals surface area contributed by atoms with Crippen LogP contribution in [-0.4, -0.2) is 46.5 Å². The molecule has 1 unspecified atom stereocenters. The van der Waals surface area contributed by atoms with Crippen molar-refractivity contribution in [2.45, 2.75) is 25.3 Å². The molecule has 0 N–H and O–H groups in total. The van der Waals surface area contributed by atoms with E-state index in [1.54, 1.807) is 29.2 Å². The van der Waals surface area contributed by atoms with Crippen LogP contribution in [0.5, 0.6) is 0 Å². The van der Waals surface area contributed by atoms with Crippen LogP contribution in [0.3, 0.4) is 0 Å². The number of carbonyl (C=O) groups is 1. The summed E-state index contributed by atoms with van der Waals surface area (Å²) in [5.74, 6) is 0.569. The van der Waals surface area contributed by atoms with Crippen molar-refractivity contribution >= 4 is 11.6 Å². The molecule has 5 rings (SSSR count). The summed E-state index contributed by atoms with van der Waals surface area (Å²) in [6.07, 6.45) is 3.47. The van der Waals surface area contributed by atoms with Crippen LogP contribution < -0.4 is 4.90 Å². The van der Waals surface area contributed by atoms with Crippen molar-refractivity contribution in [1.29, 1.82) is 0 Å². The molecule has 1 atom stereocenters. The molecule has 5 nitrogen and oxygen atoms in total. The van der Waals surface area contributed by atoms with E-state index < -0.39 is 0 Å². The molecule has 160 valence electrons. The number of aromatic nitrogens is 2. The molecule has 3 heterocycles. The minimum atomic E-state index is -0.239. The molecule has 0 saturated carbocycles.